The molecule has 0 aliphatic heterocycles. The van der Waals surface area contributed by atoms with Crippen LogP contribution in [0.1, 0.15) is 16.7 Å². The summed E-state index contributed by atoms with van der Waals surface area (Å²) in [4.78, 5) is 12.8. The van der Waals surface area contributed by atoms with Crippen molar-refractivity contribution in [1.82, 2.24) is 9.73 Å². The minimum Gasteiger partial charge on any atom is -0.496 e. The van der Waals surface area contributed by atoms with Crippen LogP contribution in [-0.4, -0.2) is 45.0 Å². The van der Waals surface area contributed by atoms with E-state index >= 15 is 0 Å². The Labute approximate surface area is 208 Å². The number of hydrazone groups is 1. The first-order chi connectivity index (χ1) is 16.3. The zero-order valence-corrected chi connectivity index (χ0v) is 21.3. The molecule has 0 aliphatic rings. The number of rotatable bonds is 10. The van der Waals surface area contributed by atoms with Crippen molar-refractivity contribution in [3.8, 4) is 5.75 Å². The van der Waals surface area contributed by atoms with Crippen molar-refractivity contribution >= 4 is 38.1 Å². The van der Waals surface area contributed by atoms with Gasteiger partial charge in [-0.05, 0) is 49.2 Å². The summed E-state index contributed by atoms with van der Waals surface area (Å²) < 4.78 is 33.9. The molecule has 0 saturated carbocycles. The van der Waals surface area contributed by atoms with Crippen molar-refractivity contribution in [1.29, 1.82) is 0 Å². The van der Waals surface area contributed by atoms with Crippen molar-refractivity contribution in [2.24, 2.45) is 5.10 Å². The van der Waals surface area contributed by atoms with Gasteiger partial charge in [-0.1, -0.05) is 64.0 Å². The lowest BCUT2D eigenvalue weighted by atomic mass is 10.1. The molecule has 0 atom stereocenters. The molecule has 3 aromatic carbocycles. The van der Waals surface area contributed by atoms with Crippen LogP contribution in [0.3, 0.4) is 0 Å². The molecule has 0 heterocycles. The Balaban J connectivity index is 1.75. The number of nitrogens with one attached hydrogen (secondary N) is 1. The SMILES string of the molecule is COc1ccc(Br)cc1/C=N\NC(=O)CN(CCc1ccccc1)S(=O)(=O)c1ccc(C)cc1. The van der Waals surface area contributed by atoms with Gasteiger partial charge in [0, 0.05) is 16.6 Å². The van der Waals surface area contributed by atoms with Crippen LogP contribution in [0.5, 0.6) is 5.75 Å². The molecule has 0 spiro atoms. The van der Waals surface area contributed by atoms with Gasteiger partial charge < -0.3 is 4.74 Å². The molecule has 1 amide bonds. The lowest BCUT2D eigenvalue weighted by Gasteiger charge is -2.21. The Morgan fingerprint density at radius 1 is 1.09 bits per heavy atom. The predicted octanol–water partition coefficient (Wildman–Crippen LogP) is 4.15. The van der Waals surface area contributed by atoms with Crippen LogP contribution in [0.2, 0.25) is 0 Å². The second-order valence-electron chi connectivity index (χ2n) is 7.57. The zero-order valence-electron chi connectivity index (χ0n) is 18.9. The van der Waals surface area contributed by atoms with Crippen LogP contribution in [0.15, 0.2) is 87.3 Å². The lowest BCUT2D eigenvalue weighted by Crippen LogP contribution is -2.40. The number of aryl methyl sites for hydroxylation is 1. The molecule has 0 aromatic heterocycles. The summed E-state index contributed by atoms with van der Waals surface area (Å²) >= 11 is 3.39. The molecule has 0 saturated heterocycles. The summed E-state index contributed by atoms with van der Waals surface area (Å²) in [5.41, 5.74) is 5.00. The molecule has 9 heteroatoms. The number of hydrogen-bond acceptors (Lipinski definition) is 5. The third kappa shape index (κ3) is 6.99. The van der Waals surface area contributed by atoms with Gasteiger partial charge in [0.1, 0.15) is 5.75 Å². The van der Waals surface area contributed by atoms with E-state index in [4.69, 9.17) is 4.74 Å². The van der Waals surface area contributed by atoms with E-state index in [2.05, 4.69) is 26.5 Å². The molecular weight excluding hydrogens is 518 g/mol. The summed E-state index contributed by atoms with van der Waals surface area (Å²) in [6, 6.07) is 21.5. The fourth-order valence-electron chi connectivity index (χ4n) is 3.22. The van der Waals surface area contributed by atoms with Gasteiger partial charge in [0.25, 0.3) is 5.91 Å². The molecule has 0 fully saturated rings. The van der Waals surface area contributed by atoms with Crippen LogP contribution in [0.25, 0.3) is 0 Å². The van der Waals surface area contributed by atoms with Crippen LogP contribution < -0.4 is 10.2 Å². The summed E-state index contributed by atoms with van der Waals surface area (Å²) in [5.74, 6) is 0.0431. The van der Waals surface area contributed by atoms with Crippen LogP contribution >= 0.6 is 15.9 Å². The zero-order chi connectivity index (χ0) is 24.6. The molecule has 3 aromatic rings. The largest absolute Gasteiger partial charge is 0.496 e. The van der Waals surface area contributed by atoms with Gasteiger partial charge in [0.2, 0.25) is 10.0 Å². The molecule has 3 rings (SSSR count). The normalized spacial score (nSPS) is 11.6. The van der Waals surface area contributed by atoms with Gasteiger partial charge in [-0.2, -0.15) is 9.41 Å². The van der Waals surface area contributed by atoms with E-state index in [-0.39, 0.29) is 18.0 Å². The monoisotopic (exact) mass is 543 g/mol. The van der Waals surface area contributed by atoms with E-state index in [9.17, 15) is 13.2 Å². The first-order valence-corrected chi connectivity index (χ1v) is 12.8. The number of nitrogens with zero attached hydrogens (tertiary/aromatic N) is 2. The van der Waals surface area contributed by atoms with Crippen molar-refractivity contribution in [2.75, 3.05) is 20.2 Å². The first-order valence-electron chi connectivity index (χ1n) is 10.6. The second-order valence-corrected chi connectivity index (χ2v) is 10.4. The first kappa shape index (κ1) is 25.6. The highest BCUT2D eigenvalue weighted by atomic mass is 79.9. The maximum absolute atomic E-state index is 13.3. The van der Waals surface area contributed by atoms with E-state index in [1.807, 2.05) is 43.3 Å². The number of hydrogen-bond donors (Lipinski definition) is 1. The van der Waals surface area contributed by atoms with Gasteiger partial charge in [-0.25, -0.2) is 13.8 Å². The summed E-state index contributed by atoms with van der Waals surface area (Å²) in [6.45, 7) is 1.67. The average molecular weight is 544 g/mol. The number of sulfonamides is 1. The van der Waals surface area contributed by atoms with E-state index < -0.39 is 15.9 Å². The van der Waals surface area contributed by atoms with E-state index in [1.165, 1.54) is 10.5 Å². The number of amides is 1. The Hall–Kier alpha value is -3.01. The van der Waals surface area contributed by atoms with Crippen LogP contribution in [0, 0.1) is 6.92 Å². The Morgan fingerprint density at radius 3 is 2.47 bits per heavy atom. The predicted molar refractivity (Wildman–Crippen MR) is 137 cm³/mol. The third-order valence-electron chi connectivity index (χ3n) is 5.06. The van der Waals surface area contributed by atoms with Crippen molar-refractivity contribution in [2.45, 2.75) is 18.2 Å². The average Bonchev–Trinajstić information content (AvgIpc) is 2.82. The number of methoxy groups -OCH3 is 1. The van der Waals surface area contributed by atoms with Gasteiger partial charge >= 0.3 is 0 Å². The topological polar surface area (TPSA) is 88.1 Å². The molecule has 1 N–H and O–H groups in total. The minimum absolute atomic E-state index is 0.140. The number of carbonyl (C=O) groups excluding carboxylic acids is 1. The maximum Gasteiger partial charge on any atom is 0.255 e. The Kier molecular flexibility index (Phi) is 8.98. The van der Waals surface area contributed by atoms with E-state index in [0.29, 0.717) is 17.7 Å². The van der Waals surface area contributed by atoms with Gasteiger partial charge in [-0.3, -0.25) is 4.79 Å². The molecule has 7 nitrogen and oxygen atoms in total. The van der Waals surface area contributed by atoms with Crippen molar-refractivity contribution in [3.05, 3.63) is 94.0 Å². The number of carbonyl (C=O) groups is 1. The smallest absolute Gasteiger partial charge is 0.255 e. The van der Waals surface area contributed by atoms with E-state index in [0.717, 1.165) is 15.6 Å². The second kappa shape index (κ2) is 11.9. The highest BCUT2D eigenvalue weighted by molar-refractivity contribution is 9.10. The van der Waals surface area contributed by atoms with Crippen LogP contribution in [0.4, 0.5) is 0 Å². The number of benzene rings is 3. The third-order valence-corrected chi connectivity index (χ3v) is 7.41. The maximum atomic E-state index is 13.3. The molecule has 0 aliphatic carbocycles. The van der Waals surface area contributed by atoms with Gasteiger partial charge in [0.05, 0.1) is 24.8 Å². The molecule has 178 valence electrons. The summed E-state index contributed by atoms with van der Waals surface area (Å²) in [6.07, 6.45) is 1.92. The summed E-state index contributed by atoms with van der Waals surface area (Å²) in [7, 11) is -2.34. The minimum atomic E-state index is -3.88. The molecule has 34 heavy (non-hydrogen) atoms. The standard InChI is InChI=1S/C25H26BrN3O4S/c1-19-8-11-23(12-9-19)34(31,32)29(15-14-20-6-4-3-5-7-20)18-25(30)28-27-17-21-16-22(26)10-13-24(21)33-2/h3-13,16-17H,14-15,18H2,1-2H3,(H,28,30)/b27-17-. The molecule has 0 bridgehead atoms. The fourth-order valence-corrected chi connectivity index (χ4v) is 4.99. The number of ether oxygens (including phenoxy) is 1. The quantitative estimate of drug-likeness (QED) is 0.307. The van der Waals surface area contributed by atoms with E-state index in [1.54, 1.807) is 43.5 Å². The Morgan fingerprint density at radius 2 is 1.79 bits per heavy atom. The Bertz CT molecular complexity index is 1250. The van der Waals surface area contributed by atoms with Crippen molar-refractivity contribution < 1.29 is 17.9 Å². The highest BCUT2D eigenvalue weighted by Crippen LogP contribution is 2.21. The molecular formula is C25H26BrN3O4S. The highest BCUT2D eigenvalue weighted by Gasteiger charge is 2.26. The summed E-state index contributed by atoms with van der Waals surface area (Å²) in [5, 5.41) is 3.98. The fraction of sp³-hybridized carbons (Fsp3) is 0.200. The van der Waals surface area contributed by atoms with Gasteiger partial charge in [-0.15, -0.1) is 0 Å². The number of halogens is 1. The van der Waals surface area contributed by atoms with Crippen LogP contribution in [-0.2, 0) is 21.2 Å². The van der Waals surface area contributed by atoms with Gasteiger partial charge in [0.15, 0.2) is 0 Å². The molecule has 0 radical (unpaired) electrons. The lowest BCUT2D eigenvalue weighted by molar-refractivity contribution is -0.121. The van der Waals surface area contributed by atoms with Crippen molar-refractivity contribution in [3.63, 3.8) is 0 Å². The molecule has 0 unspecified atom stereocenters.